The molecular formula is C17H32O2. The lowest BCUT2D eigenvalue weighted by Crippen LogP contribution is -2.44. The number of unbranched alkanes of at least 4 members (excludes halogenated alkanes) is 4. The highest BCUT2D eigenvalue weighted by molar-refractivity contribution is 5.87. The van der Waals surface area contributed by atoms with Crippen LogP contribution in [0.2, 0.25) is 0 Å². The van der Waals surface area contributed by atoms with Crippen LogP contribution in [-0.4, -0.2) is 18.0 Å². The van der Waals surface area contributed by atoms with Gasteiger partial charge in [-0.25, -0.2) is 0 Å². The van der Waals surface area contributed by atoms with Crippen molar-refractivity contribution < 1.29 is 9.53 Å². The topological polar surface area (TPSA) is 26.3 Å². The second kappa shape index (κ2) is 8.73. The maximum atomic E-state index is 12.5. The Balaban J connectivity index is 2.40. The van der Waals surface area contributed by atoms with E-state index in [0.717, 1.165) is 44.4 Å². The average Bonchev–Trinajstić information content (AvgIpc) is 2.41. The van der Waals surface area contributed by atoms with Gasteiger partial charge in [0.15, 0.2) is 5.78 Å². The zero-order valence-electron chi connectivity index (χ0n) is 13.2. The standard InChI is InChI=1S/C17H32O2/c1-4-6-7-8-9-10-16(18)17(19-5-2)13-11-15(3)12-14-17/h15H,4-14H2,1-3H3. The highest BCUT2D eigenvalue weighted by Crippen LogP contribution is 2.36. The Labute approximate surface area is 119 Å². The van der Waals surface area contributed by atoms with Crippen molar-refractivity contribution in [2.75, 3.05) is 6.61 Å². The van der Waals surface area contributed by atoms with Gasteiger partial charge in [-0.05, 0) is 44.9 Å². The summed E-state index contributed by atoms with van der Waals surface area (Å²) in [6.45, 7) is 7.17. The summed E-state index contributed by atoms with van der Waals surface area (Å²) >= 11 is 0. The van der Waals surface area contributed by atoms with Crippen LogP contribution >= 0.6 is 0 Å². The third-order valence-corrected chi connectivity index (χ3v) is 4.52. The van der Waals surface area contributed by atoms with Crippen LogP contribution in [0.1, 0.15) is 85.0 Å². The van der Waals surface area contributed by atoms with Crippen LogP contribution in [0, 0.1) is 5.92 Å². The van der Waals surface area contributed by atoms with E-state index >= 15 is 0 Å². The van der Waals surface area contributed by atoms with Gasteiger partial charge in [0.1, 0.15) is 5.60 Å². The lowest BCUT2D eigenvalue weighted by molar-refractivity contribution is -0.150. The van der Waals surface area contributed by atoms with Crippen molar-refractivity contribution in [2.45, 2.75) is 90.6 Å². The van der Waals surface area contributed by atoms with Gasteiger partial charge in [-0.3, -0.25) is 4.79 Å². The summed E-state index contributed by atoms with van der Waals surface area (Å²) in [5.74, 6) is 1.13. The van der Waals surface area contributed by atoms with E-state index in [1.54, 1.807) is 0 Å². The molecule has 0 spiro atoms. The Bertz CT molecular complexity index is 252. The van der Waals surface area contributed by atoms with Gasteiger partial charge in [0, 0.05) is 13.0 Å². The smallest absolute Gasteiger partial charge is 0.164 e. The van der Waals surface area contributed by atoms with Gasteiger partial charge in [-0.1, -0.05) is 39.5 Å². The van der Waals surface area contributed by atoms with E-state index in [9.17, 15) is 4.79 Å². The lowest BCUT2D eigenvalue weighted by Gasteiger charge is -2.38. The summed E-state index contributed by atoms with van der Waals surface area (Å²) in [5, 5.41) is 0. The number of carbonyl (C=O) groups excluding carboxylic acids is 1. The maximum Gasteiger partial charge on any atom is 0.164 e. The molecule has 0 unspecified atom stereocenters. The fourth-order valence-electron chi connectivity index (χ4n) is 3.13. The summed E-state index contributed by atoms with van der Waals surface area (Å²) in [4.78, 5) is 12.5. The van der Waals surface area contributed by atoms with Gasteiger partial charge < -0.3 is 4.74 Å². The fourth-order valence-corrected chi connectivity index (χ4v) is 3.13. The Morgan fingerprint density at radius 2 is 1.74 bits per heavy atom. The zero-order valence-corrected chi connectivity index (χ0v) is 13.2. The third kappa shape index (κ3) is 5.25. The Morgan fingerprint density at radius 1 is 1.11 bits per heavy atom. The van der Waals surface area contributed by atoms with E-state index in [1.165, 1.54) is 25.7 Å². The highest BCUT2D eigenvalue weighted by atomic mass is 16.5. The third-order valence-electron chi connectivity index (χ3n) is 4.52. The molecule has 0 saturated heterocycles. The molecule has 1 rings (SSSR count). The lowest BCUT2D eigenvalue weighted by atomic mass is 9.76. The van der Waals surface area contributed by atoms with Gasteiger partial charge in [0.25, 0.3) is 0 Å². The van der Waals surface area contributed by atoms with Crippen LogP contribution in [0.5, 0.6) is 0 Å². The summed E-state index contributed by atoms with van der Waals surface area (Å²) in [6.07, 6.45) is 10.9. The van der Waals surface area contributed by atoms with Crippen LogP contribution in [0.3, 0.4) is 0 Å². The van der Waals surface area contributed by atoms with Gasteiger partial charge in [0.05, 0.1) is 0 Å². The van der Waals surface area contributed by atoms with E-state index in [0.29, 0.717) is 12.4 Å². The largest absolute Gasteiger partial charge is 0.368 e. The van der Waals surface area contributed by atoms with Crippen molar-refractivity contribution in [3.8, 4) is 0 Å². The SMILES string of the molecule is CCCCCCCC(=O)C1(OCC)CCC(C)CC1. The monoisotopic (exact) mass is 268 g/mol. The molecule has 0 bridgehead atoms. The molecule has 1 aliphatic carbocycles. The molecule has 112 valence electrons. The van der Waals surface area contributed by atoms with E-state index in [-0.39, 0.29) is 0 Å². The molecular weight excluding hydrogens is 236 g/mol. The van der Waals surface area contributed by atoms with E-state index < -0.39 is 5.60 Å². The molecule has 19 heavy (non-hydrogen) atoms. The summed E-state index contributed by atoms with van der Waals surface area (Å²) in [5.41, 5.74) is -0.425. The molecule has 0 aromatic rings. The number of ketones is 1. The van der Waals surface area contributed by atoms with E-state index in [1.807, 2.05) is 6.92 Å². The number of rotatable bonds is 9. The number of ether oxygens (including phenoxy) is 1. The molecule has 2 nitrogen and oxygen atoms in total. The predicted octanol–water partition coefficient (Wildman–Crippen LogP) is 4.90. The van der Waals surface area contributed by atoms with Crippen molar-refractivity contribution in [1.29, 1.82) is 0 Å². The quantitative estimate of drug-likeness (QED) is 0.556. The van der Waals surface area contributed by atoms with Crippen molar-refractivity contribution in [3.05, 3.63) is 0 Å². The van der Waals surface area contributed by atoms with Gasteiger partial charge >= 0.3 is 0 Å². The first kappa shape index (κ1) is 16.7. The van der Waals surface area contributed by atoms with E-state index in [4.69, 9.17) is 4.74 Å². The Morgan fingerprint density at radius 3 is 2.32 bits per heavy atom. The number of carbonyl (C=O) groups is 1. The fraction of sp³-hybridized carbons (Fsp3) is 0.941. The molecule has 0 radical (unpaired) electrons. The minimum Gasteiger partial charge on any atom is -0.368 e. The van der Waals surface area contributed by atoms with Gasteiger partial charge in [-0.2, -0.15) is 0 Å². The maximum absolute atomic E-state index is 12.5. The molecule has 0 aromatic carbocycles. The van der Waals surface area contributed by atoms with Crippen molar-refractivity contribution in [1.82, 2.24) is 0 Å². The van der Waals surface area contributed by atoms with Gasteiger partial charge in [0.2, 0.25) is 0 Å². The molecule has 0 aromatic heterocycles. The summed E-state index contributed by atoms with van der Waals surface area (Å²) in [7, 11) is 0. The zero-order chi connectivity index (χ0) is 14.1. The minimum atomic E-state index is -0.425. The summed E-state index contributed by atoms with van der Waals surface area (Å²) < 4.78 is 5.91. The van der Waals surface area contributed by atoms with Crippen LogP contribution in [0.15, 0.2) is 0 Å². The molecule has 0 aliphatic heterocycles. The average molecular weight is 268 g/mol. The first-order valence-corrected chi connectivity index (χ1v) is 8.32. The number of hydrogen-bond acceptors (Lipinski definition) is 2. The molecule has 1 aliphatic rings. The Kier molecular flexibility index (Phi) is 7.67. The Hall–Kier alpha value is -0.370. The van der Waals surface area contributed by atoms with Gasteiger partial charge in [-0.15, -0.1) is 0 Å². The molecule has 0 amide bonds. The molecule has 0 heterocycles. The minimum absolute atomic E-state index is 0.373. The molecule has 1 fully saturated rings. The van der Waals surface area contributed by atoms with Crippen molar-refractivity contribution >= 4 is 5.78 Å². The second-order valence-electron chi connectivity index (χ2n) is 6.20. The second-order valence-corrected chi connectivity index (χ2v) is 6.20. The predicted molar refractivity (Wildman–Crippen MR) is 80.4 cm³/mol. The molecule has 0 atom stereocenters. The first-order valence-electron chi connectivity index (χ1n) is 8.32. The summed E-state index contributed by atoms with van der Waals surface area (Å²) in [6, 6.07) is 0. The molecule has 2 heteroatoms. The van der Waals surface area contributed by atoms with Crippen LogP contribution in [0.4, 0.5) is 0 Å². The van der Waals surface area contributed by atoms with Crippen molar-refractivity contribution in [3.63, 3.8) is 0 Å². The van der Waals surface area contributed by atoms with Crippen LogP contribution < -0.4 is 0 Å². The van der Waals surface area contributed by atoms with Crippen LogP contribution in [-0.2, 0) is 9.53 Å². The first-order chi connectivity index (χ1) is 9.14. The van der Waals surface area contributed by atoms with Crippen LogP contribution in [0.25, 0.3) is 0 Å². The number of hydrogen-bond donors (Lipinski definition) is 0. The highest BCUT2D eigenvalue weighted by Gasteiger charge is 2.40. The normalized spacial score (nSPS) is 27.4. The van der Waals surface area contributed by atoms with Crippen molar-refractivity contribution in [2.24, 2.45) is 5.92 Å². The molecule has 0 N–H and O–H groups in total. The van der Waals surface area contributed by atoms with E-state index in [2.05, 4.69) is 13.8 Å². The number of Topliss-reactive ketones (excluding diaryl/α,β-unsaturated/α-hetero) is 1. The molecule has 1 saturated carbocycles.